The van der Waals surface area contributed by atoms with Gasteiger partial charge in [0.2, 0.25) is 5.78 Å². The third-order valence-corrected chi connectivity index (χ3v) is 8.17. The fourth-order valence-corrected chi connectivity index (χ4v) is 5.42. The van der Waals surface area contributed by atoms with Crippen molar-refractivity contribution in [2.45, 2.75) is 193 Å². The van der Waals surface area contributed by atoms with Gasteiger partial charge in [-0.05, 0) is 43.9 Å². The quantitative estimate of drug-likeness (QED) is 0.0325. The summed E-state index contributed by atoms with van der Waals surface area (Å²) in [6.07, 6.45) is 42.0. The van der Waals surface area contributed by atoms with E-state index in [0.29, 0.717) is 18.6 Å². The maximum absolute atomic E-state index is 12.1. The molecular weight excluding hydrogens is 520 g/mol. The minimum absolute atomic E-state index is 0.0796. The summed E-state index contributed by atoms with van der Waals surface area (Å²) in [6.45, 7) is 2.28. The molecule has 0 aromatic carbocycles. The van der Waals surface area contributed by atoms with Gasteiger partial charge in [0.25, 0.3) is 0 Å². The molecule has 0 heterocycles. The van der Waals surface area contributed by atoms with Crippen molar-refractivity contribution in [1.29, 1.82) is 0 Å². The van der Waals surface area contributed by atoms with Crippen LogP contribution in [0.1, 0.15) is 193 Å². The fraction of sp³-hybridized carbons (Fsp3) is 0.789. The lowest BCUT2D eigenvalue weighted by molar-refractivity contribution is -0.126. The third kappa shape index (κ3) is 32.7. The molecule has 0 aliphatic rings. The first kappa shape index (κ1) is 40.2. The number of unbranched alkanes of at least 4 members (excludes halogenated alkanes) is 25. The molecule has 0 fully saturated rings. The maximum atomic E-state index is 12.1. The molecule has 0 atom stereocenters. The van der Waals surface area contributed by atoms with E-state index >= 15 is 0 Å². The van der Waals surface area contributed by atoms with Crippen LogP contribution in [-0.4, -0.2) is 23.6 Å². The Morgan fingerprint density at radius 1 is 0.405 bits per heavy atom. The molecule has 0 N–H and O–H groups in total. The zero-order valence-electron chi connectivity index (χ0n) is 27.5. The molecule has 0 spiro atoms. The van der Waals surface area contributed by atoms with E-state index in [-0.39, 0.29) is 12.1 Å². The predicted octanol–water partition coefficient (Wildman–Crippen LogP) is 11.3. The number of aldehydes is 1. The molecule has 42 heavy (non-hydrogen) atoms. The summed E-state index contributed by atoms with van der Waals surface area (Å²) in [5.41, 5.74) is 0. The lowest BCUT2D eigenvalue weighted by Gasteiger charge is -2.03. The minimum Gasteiger partial charge on any atom is -0.295 e. The van der Waals surface area contributed by atoms with Gasteiger partial charge >= 0.3 is 0 Å². The van der Waals surface area contributed by atoms with Crippen molar-refractivity contribution in [3.63, 3.8) is 0 Å². The molecule has 0 saturated heterocycles. The summed E-state index contributed by atoms with van der Waals surface area (Å²) in [5.74, 6) is -0.434. The van der Waals surface area contributed by atoms with E-state index in [1.54, 1.807) is 0 Å². The number of rotatable bonds is 34. The van der Waals surface area contributed by atoms with Gasteiger partial charge < -0.3 is 0 Å². The van der Waals surface area contributed by atoms with Gasteiger partial charge in [-0.1, -0.05) is 161 Å². The van der Waals surface area contributed by atoms with E-state index in [0.717, 1.165) is 38.2 Å². The maximum Gasteiger partial charge on any atom is 0.218 e. The van der Waals surface area contributed by atoms with Crippen molar-refractivity contribution >= 4 is 23.6 Å². The fourth-order valence-electron chi connectivity index (χ4n) is 5.42. The van der Waals surface area contributed by atoms with Crippen LogP contribution in [-0.2, 0) is 19.2 Å². The molecule has 0 aromatic rings. The molecule has 0 saturated carbocycles. The molecular formula is C38H66O4. The predicted molar refractivity (Wildman–Crippen MR) is 179 cm³/mol. The second-order valence-corrected chi connectivity index (χ2v) is 12.3. The number of ketones is 3. The van der Waals surface area contributed by atoms with Crippen LogP contribution in [0.3, 0.4) is 0 Å². The van der Waals surface area contributed by atoms with Crippen LogP contribution in [0.4, 0.5) is 0 Å². The highest BCUT2D eigenvalue weighted by molar-refractivity contribution is 6.31. The van der Waals surface area contributed by atoms with E-state index in [1.165, 1.54) is 147 Å². The topological polar surface area (TPSA) is 68.3 Å². The second kappa shape index (κ2) is 33.7. The molecule has 0 rings (SSSR count). The Kier molecular flexibility index (Phi) is 32.2. The Balaban J connectivity index is 3.30. The highest BCUT2D eigenvalue weighted by Crippen LogP contribution is 2.15. The summed E-state index contributed by atoms with van der Waals surface area (Å²) in [7, 11) is 0. The zero-order valence-corrected chi connectivity index (χ0v) is 27.5. The molecule has 242 valence electrons. The number of carbonyl (C=O) groups excluding carboxylic acids is 4. The number of carbonyl (C=O) groups is 4. The molecule has 0 bridgehead atoms. The van der Waals surface area contributed by atoms with Gasteiger partial charge in [-0.25, -0.2) is 0 Å². The second-order valence-electron chi connectivity index (χ2n) is 12.3. The van der Waals surface area contributed by atoms with Crippen molar-refractivity contribution < 1.29 is 19.2 Å². The Morgan fingerprint density at radius 2 is 0.738 bits per heavy atom. The first-order valence-corrected chi connectivity index (χ1v) is 18.0. The largest absolute Gasteiger partial charge is 0.295 e. The summed E-state index contributed by atoms with van der Waals surface area (Å²) in [5, 5.41) is 0. The number of hydrogen-bond acceptors (Lipinski definition) is 4. The van der Waals surface area contributed by atoms with Gasteiger partial charge in [-0.2, -0.15) is 0 Å². The molecule has 4 nitrogen and oxygen atoms in total. The first-order chi connectivity index (χ1) is 20.6. The van der Waals surface area contributed by atoms with Gasteiger partial charge in [0, 0.05) is 12.8 Å². The Morgan fingerprint density at radius 3 is 1.12 bits per heavy atom. The summed E-state index contributed by atoms with van der Waals surface area (Å²) < 4.78 is 0. The van der Waals surface area contributed by atoms with E-state index in [9.17, 15) is 19.2 Å². The molecule has 0 unspecified atom stereocenters. The molecule has 4 heteroatoms. The monoisotopic (exact) mass is 586 g/mol. The molecule has 0 aromatic heterocycles. The smallest absolute Gasteiger partial charge is 0.218 e. The average Bonchev–Trinajstić information content (AvgIpc) is 2.99. The van der Waals surface area contributed by atoms with Crippen LogP contribution in [0.2, 0.25) is 0 Å². The normalized spacial score (nSPS) is 11.5. The van der Waals surface area contributed by atoms with Crippen molar-refractivity contribution in [3.8, 4) is 0 Å². The van der Waals surface area contributed by atoms with Crippen molar-refractivity contribution in [1.82, 2.24) is 0 Å². The third-order valence-electron chi connectivity index (χ3n) is 8.17. The van der Waals surface area contributed by atoms with Crippen LogP contribution in [0.15, 0.2) is 24.3 Å². The highest BCUT2D eigenvalue weighted by atomic mass is 16.2. The van der Waals surface area contributed by atoms with E-state index in [4.69, 9.17) is 0 Å². The number of allylic oxidation sites excluding steroid dienone is 4. The van der Waals surface area contributed by atoms with Gasteiger partial charge in [-0.3, -0.25) is 19.2 Å². The van der Waals surface area contributed by atoms with Gasteiger partial charge in [0.05, 0.1) is 0 Å². The standard InChI is InChI=1S/C38H66O4/c1-2-3-4-5-6-7-8-9-10-12-15-18-21-24-27-30-36(40)31-28-25-22-19-16-13-11-14-17-20-23-26-29-32-37(41)33-34-38(42)35-39/h27,30,33-35H,2-26,28-29,31-32H2,1H3. The number of hydrogen-bond donors (Lipinski definition) is 0. The summed E-state index contributed by atoms with van der Waals surface area (Å²) >= 11 is 0. The molecule has 0 radical (unpaired) electrons. The van der Waals surface area contributed by atoms with E-state index in [1.807, 2.05) is 6.08 Å². The van der Waals surface area contributed by atoms with Crippen molar-refractivity contribution in [3.05, 3.63) is 24.3 Å². The van der Waals surface area contributed by atoms with Crippen LogP contribution >= 0.6 is 0 Å². The lowest BCUT2D eigenvalue weighted by Crippen LogP contribution is -1.97. The van der Waals surface area contributed by atoms with Crippen molar-refractivity contribution in [2.75, 3.05) is 0 Å². The minimum atomic E-state index is -0.659. The molecule has 0 aliphatic heterocycles. The Labute approximate surface area is 260 Å². The van der Waals surface area contributed by atoms with Crippen LogP contribution < -0.4 is 0 Å². The van der Waals surface area contributed by atoms with Crippen molar-refractivity contribution in [2.24, 2.45) is 0 Å². The summed E-state index contributed by atoms with van der Waals surface area (Å²) in [6, 6.07) is 0. The molecule has 0 aliphatic carbocycles. The summed E-state index contributed by atoms with van der Waals surface area (Å²) in [4.78, 5) is 44.7. The van der Waals surface area contributed by atoms with Gasteiger partial charge in [0.15, 0.2) is 17.9 Å². The molecule has 0 amide bonds. The SMILES string of the molecule is CCCCCCCCCCCCCCCC=CC(=O)CCCCCCCCCCCCCCCC(=O)C=CC(=O)C=O. The van der Waals surface area contributed by atoms with E-state index in [2.05, 4.69) is 13.0 Å². The van der Waals surface area contributed by atoms with E-state index < -0.39 is 5.78 Å². The van der Waals surface area contributed by atoms with Crippen LogP contribution in [0.5, 0.6) is 0 Å². The van der Waals surface area contributed by atoms with Gasteiger partial charge in [0.1, 0.15) is 0 Å². The highest BCUT2D eigenvalue weighted by Gasteiger charge is 2.00. The van der Waals surface area contributed by atoms with Gasteiger partial charge in [-0.15, -0.1) is 0 Å². The average molecular weight is 587 g/mol. The first-order valence-electron chi connectivity index (χ1n) is 18.0. The Bertz CT molecular complexity index is 706. The van der Waals surface area contributed by atoms with Crippen LogP contribution in [0, 0.1) is 0 Å². The van der Waals surface area contributed by atoms with Crippen LogP contribution in [0.25, 0.3) is 0 Å². The lowest BCUT2D eigenvalue weighted by atomic mass is 10.0. The Hall–Kier alpha value is -1.84. The zero-order chi connectivity index (χ0) is 30.8.